The Morgan fingerprint density at radius 2 is 1.30 bits per heavy atom. The third kappa shape index (κ3) is 8.90. The van der Waals surface area contributed by atoms with Crippen molar-refractivity contribution in [2.24, 2.45) is 5.92 Å². The van der Waals surface area contributed by atoms with E-state index < -0.39 is 108 Å². The monoisotopic (exact) mass is 853 g/mol. The van der Waals surface area contributed by atoms with E-state index in [1.807, 2.05) is 54.6 Å². The van der Waals surface area contributed by atoms with E-state index in [0.717, 1.165) is 16.8 Å². The molecule has 15 nitrogen and oxygen atoms in total. The second kappa shape index (κ2) is 18.4. The average molecular weight is 854 g/mol. The van der Waals surface area contributed by atoms with E-state index >= 15 is 0 Å². The van der Waals surface area contributed by atoms with E-state index in [-0.39, 0.29) is 16.8 Å². The summed E-state index contributed by atoms with van der Waals surface area (Å²) in [5.74, 6) is -1.69. The van der Waals surface area contributed by atoms with Crippen molar-refractivity contribution >= 4 is 21.4 Å². The van der Waals surface area contributed by atoms with Crippen molar-refractivity contribution in [3.05, 3.63) is 120 Å². The predicted molar refractivity (Wildman–Crippen MR) is 211 cm³/mol. The first-order valence-corrected chi connectivity index (χ1v) is 21.2. The molecule has 3 aliphatic rings. The van der Waals surface area contributed by atoms with Crippen LogP contribution in [0.1, 0.15) is 36.1 Å². The van der Waals surface area contributed by atoms with Crippen LogP contribution >= 0.6 is 0 Å². The van der Waals surface area contributed by atoms with Gasteiger partial charge in [-0.2, -0.15) is 0 Å². The van der Waals surface area contributed by atoms with Gasteiger partial charge in [-0.05, 0) is 71.5 Å². The highest BCUT2D eigenvalue weighted by atomic mass is 32.2. The first kappa shape index (κ1) is 43.9. The van der Waals surface area contributed by atoms with Gasteiger partial charge in [-0.1, -0.05) is 66.7 Å². The number of hydrogen-bond acceptors (Lipinski definition) is 14. The van der Waals surface area contributed by atoms with Crippen LogP contribution in [0.2, 0.25) is 0 Å². The fourth-order valence-corrected chi connectivity index (χ4v) is 9.57. The van der Waals surface area contributed by atoms with E-state index in [9.17, 15) is 58.5 Å². The minimum atomic E-state index is -4.16. The van der Waals surface area contributed by atoms with Gasteiger partial charge in [0.25, 0.3) is 0 Å². The van der Waals surface area contributed by atoms with Crippen molar-refractivity contribution in [2.45, 2.75) is 91.1 Å². The number of benzene rings is 4. The Labute approximate surface area is 345 Å². The zero-order valence-corrected chi connectivity index (χ0v) is 32.9. The number of para-hydroxylation sites is 1. The number of β-lactam (4-membered cyclic amide) rings is 1. The summed E-state index contributed by atoms with van der Waals surface area (Å²) in [7, 11) is -4.16. The highest BCUT2D eigenvalue weighted by molar-refractivity contribution is 7.91. The number of rotatable bonds is 14. The molecule has 3 saturated heterocycles. The number of aliphatic hydroxyl groups is 8. The van der Waals surface area contributed by atoms with Crippen LogP contribution < -0.4 is 4.90 Å². The zero-order chi connectivity index (χ0) is 42.9. The van der Waals surface area contributed by atoms with Gasteiger partial charge in [-0.3, -0.25) is 4.79 Å². The summed E-state index contributed by atoms with van der Waals surface area (Å²) in [6.07, 6.45) is -16.8. The lowest BCUT2D eigenvalue weighted by Gasteiger charge is -2.48. The average Bonchev–Trinajstić information content (AvgIpc) is 3.26. The highest BCUT2D eigenvalue weighted by Crippen LogP contribution is 2.46. The lowest BCUT2D eigenvalue weighted by molar-refractivity contribution is -0.341. The quantitative estimate of drug-likeness (QED) is 0.0831. The summed E-state index contributed by atoms with van der Waals surface area (Å²) in [6.45, 7) is -1.56. The Morgan fingerprint density at radius 3 is 1.92 bits per heavy atom. The number of carbonyl (C=O) groups excluding carboxylic acids is 1. The van der Waals surface area contributed by atoms with Crippen LogP contribution in [0, 0.1) is 11.7 Å². The van der Waals surface area contributed by atoms with Gasteiger partial charge in [0, 0.05) is 5.69 Å². The topological polar surface area (TPSA) is 244 Å². The number of anilines is 1. The maximum Gasteiger partial charge on any atom is 0.233 e. The number of hydrogen-bond donors (Lipinski definition) is 8. The van der Waals surface area contributed by atoms with Crippen molar-refractivity contribution in [3.63, 3.8) is 0 Å². The smallest absolute Gasteiger partial charge is 0.233 e. The maximum atomic E-state index is 13.6. The molecule has 3 aliphatic heterocycles. The lowest BCUT2D eigenvalue weighted by atomic mass is 9.78. The minimum Gasteiger partial charge on any atom is -0.394 e. The molecule has 8 N–H and O–H groups in total. The first-order valence-electron chi connectivity index (χ1n) is 19.6. The number of nitrogens with zero attached hydrogens (tertiary/aromatic N) is 1. The maximum absolute atomic E-state index is 13.6. The molecule has 0 aliphatic carbocycles. The van der Waals surface area contributed by atoms with Crippen LogP contribution in [0.3, 0.4) is 0 Å². The molecular weight excluding hydrogens is 806 g/mol. The van der Waals surface area contributed by atoms with Gasteiger partial charge in [0.1, 0.15) is 60.8 Å². The molecule has 17 heteroatoms. The summed E-state index contributed by atoms with van der Waals surface area (Å²) in [5, 5.41) is 82.8. The molecule has 13 atom stereocenters. The van der Waals surface area contributed by atoms with Gasteiger partial charge in [0.2, 0.25) is 5.91 Å². The summed E-state index contributed by atoms with van der Waals surface area (Å²) in [4.78, 5) is 15.2. The van der Waals surface area contributed by atoms with Gasteiger partial charge >= 0.3 is 0 Å². The Bertz CT molecular complexity index is 2160. The second-order valence-corrected chi connectivity index (χ2v) is 17.4. The molecule has 0 spiro atoms. The minimum absolute atomic E-state index is 0.0767. The summed E-state index contributed by atoms with van der Waals surface area (Å²) < 4.78 is 57.2. The fraction of sp³-hybridized carbons (Fsp3) is 0.419. The lowest BCUT2D eigenvalue weighted by Crippen LogP contribution is -2.65. The van der Waals surface area contributed by atoms with Crippen LogP contribution in [-0.4, -0.2) is 135 Å². The molecular formula is C43H48FNO14S. The van der Waals surface area contributed by atoms with Crippen molar-refractivity contribution in [1.29, 1.82) is 0 Å². The molecule has 3 heterocycles. The molecule has 4 unspecified atom stereocenters. The molecule has 0 aromatic heterocycles. The molecule has 1 amide bonds. The van der Waals surface area contributed by atoms with Gasteiger partial charge in [0.05, 0.1) is 41.9 Å². The molecule has 7 rings (SSSR count). The number of sulfone groups is 1. The van der Waals surface area contributed by atoms with Crippen molar-refractivity contribution in [1.82, 2.24) is 0 Å². The van der Waals surface area contributed by atoms with Crippen LogP contribution in [0.5, 0.6) is 0 Å². The van der Waals surface area contributed by atoms with E-state index in [1.165, 1.54) is 36.4 Å². The molecule has 322 valence electrons. The van der Waals surface area contributed by atoms with Crippen LogP contribution in [0.4, 0.5) is 10.1 Å². The number of amides is 1. The van der Waals surface area contributed by atoms with E-state index in [0.29, 0.717) is 24.0 Å². The Hall–Kier alpha value is -4.21. The van der Waals surface area contributed by atoms with Crippen LogP contribution in [-0.2, 0) is 28.8 Å². The molecule has 0 saturated carbocycles. The number of aliphatic hydroxyl groups excluding tert-OH is 8. The molecule has 0 radical (unpaired) electrons. The summed E-state index contributed by atoms with van der Waals surface area (Å²) >= 11 is 0. The van der Waals surface area contributed by atoms with E-state index in [4.69, 9.17) is 14.2 Å². The largest absolute Gasteiger partial charge is 0.394 e. The molecule has 3 fully saturated rings. The SMILES string of the molecule is O=C1[C@H](CC[C@H](O)c2ccc(F)cc2)[C@@H](c2ccc(-c3ccc(S(=O)(=O)C[C@@H]4OC(CO)[C@H](O[C@@H]5OC(CO)[C@H](O)[C@H](O)C5O)[C@H](O)C4O)cc3)cc2)N1c1ccccc1. The van der Waals surface area contributed by atoms with Gasteiger partial charge in [0.15, 0.2) is 16.1 Å². The van der Waals surface area contributed by atoms with Gasteiger partial charge in [-0.25, -0.2) is 12.8 Å². The molecule has 4 aromatic carbocycles. The fourth-order valence-electron chi connectivity index (χ4n) is 8.12. The predicted octanol–water partition coefficient (Wildman–Crippen LogP) is 1.15. The molecule has 60 heavy (non-hydrogen) atoms. The molecule has 4 aromatic rings. The van der Waals surface area contributed by atoms with Gasteiger partial charge < -0.3 is 60.0 Å². The Kier molecular flexibility index (Phi) is 13.5. The van der Waals surface area contributed by atoms with Crippen LogP contribution in [0.25, 0.3) is 11.1 Å². The Balaban J connectivity index is 1.01. The Morgan fingerprint density at radius 1 is 0.700 bits per heavy atom. The molecule has 0 bridgehead atoms. The van der Waals surface area contributed by atoms with Crippen LogP contribution in [0.15, 0.2) is 108 Å². The number of halogens is 1. The summed E-state index contributed by atoms with van der Waals surface area (Å²) in [6, 6.07) is 28.1. The summed E-state index contributed by atoms with van der Waals surface area (Å²) in [5.41, 5.74) is 3.60. The third-order valence-electron chi connectivity index (χ3n) is 11.5. The van der Waals surface area contributed by atoms with Gasteiger partial charge in [-0.15, -0.1) is 0 Å². The zero-order valence-electron chi connectivity index (χ0n) is 32.1. The van der Waals surface area contributed by atoms with Crippen molar-refractivity contribution in [3.8, 4) is 11.1 Å². The normalized spacial score (nSPS) is 31.4. The van der Waals surface area contributed by atoms with E-state index in [2.05, 4.69) is 0 Å². The van der Waals surface area contributed by atoms with Crippen molar-refractivity contribution in [2.75, 3.05) is 23.9 Å². The standard InChI is InChI=1S/C43H48FNO14S/c44-27-14-10-25(11-15-27)31(48)19-18-30-35(45(42(30)54)28-4-2-1-3-5-28)26-8-6-23(7-9-26)24-12-16-29(17-13-24)60(55,56)22-34-37(50)39(52)41(33(21-47)57-34)59-43-40(53)38(51)36(49)32(20-46)58-43/h1-17,30-41,43,46-53H,18-22H2/t30-,31+,32?,33?,34+,35-,36+,37?,38+,39-,40?,41+,43+/m1/s1. The second-order valence-electron chi connectivity index (χ2n) is 15.3. The third-order valence-corrected chi connectivity index (χ3v) is 13.3. The first-order chi connectivity index (χ1) is 28.7. The highest BCUT2D eigenvalue weighted by Gasteiger charge is 2.51. The number of carbonyl (C=O) groups is 1. The van der Waals surface area contributed by atoms with E-state index in [1.54, 1.807) is 17.0 Å². The van der Waals surface area contributed by atoms with Crippen molar-refractivity contribution < 1.29 is 72.7 Å². The number of ether oxygens (including phenoxy) is 3.